The molecular weight excluding hydrogens is 207 g/mol. The number of anilines is 1. The van der Waals surface area contributed by atoms with Crippen molar-refractivity contribution in [3.05, 3.63) is 42.2 Å². The summed E-state index contributed by atoms with van der Waals surface area (Å²) in [5, 5.41) is 17.8. The standard InChI is InChI=1S/C12H13FN2O/c1-2-5-15(6-7-16)12-4-3-11(13)8-10(12)9-14/h2-4,8,16H,1,5-7H2. The van der Waals surface area contributed by atoms with Crippen LogP contribution in [0.5, 0.6) is 0 Å². The summed E-state index contributed by atoms with van der Waals surface area (Å²) in [5.41, 5.74) is 0.869. The first-order valence-corrected chi connectivity index (χ1v) is 4.89. The van der Waals surface area contributed by atoms with Crippen LogP contribution in [-0.4, -0.2) is 24.8 Å². The number of nitriles is 1. The zero-order valence-corrected chi connectivity index (χ0v) is 8.86. The molecule has 0 aromatic heterocycles. The first kappa shape index (κ1) is 12.2. The second-order valence-corrected chi connectivity index (χ2v) is 3.23. The van der Waals surface area contributed by atoms with Gasteiger partial charge in [0.25, 0.3) is 0 Å². The van der Waals surface area contributed by atoms with Gasteiger partial charge in [-0.2, -0.15) is 5.26 Å². The van der Waals surface area contributed by atoms with Crippen LogP contribution in [-0.2, 0) is 0 Å². The predicted molar refractivity (Wildman–Crippen MR) is 60.6 cm³/mol. The highest BCUT2D eigenvalue weighted by molar-refractivity contribution is 5.59. The van der Waals surface area contributed by atoms with Crippen LogP contribution in [0.4, 0.5) is 10.1 Å². The molecule has 1 aromatic carbocycles. The van der Waals surface area contributed by atoms with E-state index in [4.69, 9.17) is 10.4 Å². The average molecular weight is 220 g/mol. The van der Waals surface area contributed by atoms with Crippen LogP contribution >= 0.6 is 0 Å². The smallest absolute Gasteiger partial charge is 0.124 e. The Bertz CT molecular complexity index is 412. The average Bonchev–Trinajstić information content (AvgIpc) is 2.28. The van der Waals surface area contributed by atoms with Gasteiger partial charge in [-0.05, 0) is 18.2 Å². The minimum atomic E-state index is -0.442. The normalized spacial score (nSPS) is 9.56. The Hall–Kier alpha value is -1.86. The number of hydrogen-bond acceptors (Lipinski definition) is 3. The zero-order valence-electron chi connectivity index (χ0n) is 8.86. The minimum absolute atomic E-state index is 0.0317. The number of aliphatic hydroxyl groups excluding tert-OH is 1. The number of benzene rings is 1. The molecule has 1 N–H and O–H groups in total. The molecule has 3 nitrogen and oxygen atoms in total. The van der Waals surface area contributed by atoms with E-state index >= 15 is 0 Å². The third-order valence-corrected chi connectivity index (χ3v) is 2.14. The predicted octanol–water partition coefficient (Wildman–Crippen LogP) is 1.68. The molecule has 0 saturated heterocycles. The maximum absolute atomic E-state index is 12.9. The van der Waals surface area contributed by atoms with Crippen molar-refractivity contribution in [2.45, 2.75) is 0 Å². The van der Waals surface area contributed by atoms with E-state index in [2.05, 4.69) is 6.58 Å². The summed E-state index contributed by atoms with van der Waals surface area (Å²) in [5.74, 6) is -0.442. The molecule has 1 aromatic rings. The summed E-state index contributed by atoms with van der Waals surface area (Å²) < 4.78 is 12.9. The van der Waals surface area contributed by atoms with Gasteiger partial charge in [0, 0.05) is 13.1 Å². The second-order valence-electron chi connectivity index (χ2n) is 3.23. The summed E-state index contributed by atoms with van der Waals surface area (Å²) in [6.45, 7) is 4.45. The highest BCUT2D eigenvalue weighted by atomic mass is 19.1. The fourth-order valence-electron chi connectivity index (χ4n) is 1.46. The highest BCUT2D eigenvalue weighted by Gasteiger charge is 2.10. The van der Waals surface area contributed by atoms with Crippen molar-refractivity contribution in [1.82, 2.24) is 0 Å². The lowest BCUT2D eigenvalue weighted by Crippen LogP contribution is -2.27. The molecule has 16 heavy (non-hydrogen) atoms. The molecule has 0 unspecified atom stereocenters. The third-order valence-electron chi connectivity index (χ3n) is 2.14. The van der Waals surface area contributed by atoms with E-state index in [0.29, 0.717) is 18.8 Å². The molecule has 0 spiro atoms. The molecule has 84 valence electrons. The van der Waals surface area contributed by atoms with Crippen molar-refractivity contribution in [1.29, 1.82) is 5.26 Å². The molecule has 0 amide bonds. The SMILES string of the molecule is C=CCN(CCO)c1ccc(F)cc1C#N. The Labute approximate surface area is 94.0 Å². The highest BCUT2D eigenvalue weighted by Crippen LogP contribution is 2.20. The van der Waals surface area contributed by atoms with Gasteiger partial charge in [-0.3, -0.25) is 0 Å². The molecule has 0 bridgehead atoms. The van der Waals surface area contributed by atoms with Gasteiger partial charge in [-0.1, -0.05) is 6.08 Å². The fourth-order valence-corrected chi connectivity index (χ4v) is 1.46. The van der Waals surface area contributed by atoms with Crippen LogP contribution in [0, 0.1) is 17.1 Å². The number of halogens is 1. The Morgan fingerprint density at radius 2 is 2.31 bits per heavy atom. The summed E-state index contributed by atoms with van der Waals surface area (Å²) in [6.07, 6.45) is 1.67. The number of rotatable bonds is 5. The summed E-state index contributed by atoms with van der Waals surface area (Å²) in [7, 11) is 0. The van der Waals surface area contributed by atoms with E-state index in [-0.39, 0.29) is 12.2 Å². The lowest BCUT2D eigenvalue weighted by Gasteiger charge is -2.23. The molecule has 0 fully saturated rings. The Balaban J connectivity index is 3.08. The maximum atomic E-state index is 12.9. The van der Waals surface area contributed by atoms with Crippen molar-refractivity contribution < 1.29 is 9.50 Å². The first-order valence-electron chi connectivity index (χ1n) is 4.89. The Morgan fingerprint density at radius 3 is 2.88 bits per heavy atom. The summed E-state index contributed by atoms with van der Waals surface area (Å²) in [6, 6.07) is 5.95. The third kappa shape index (κ3) is 2.81. The van der Waals surface area contributed by atoms with Crippen LogP contribution in [0.1, 0.15) is 5.56 Å². The van der Waals surface area contributed by atoms with Gasteiger partial charge in [-0.15, -0.1) is 6.58 Å². The summed E-state index contributed by atoms with van der Waals surface area (Å²) >= 11 is 0. The van der Waals surface area contributed by atoms with Crippen molar-refractivity contribution >= 4 is 5.69 Å². The molecule has 0 aliphatic rings. The van der Waals surface area contributed by atoms with Crippen LogP contribution in [0.3, 0.4) is 0 Å². The van der Waals surface area contributed by atoms with Crippen LogP contribution < -0.4 is 4.90 Å². The largest absolute Gasteiger partial charge is 0.395 e. The monoisotopic (exact) mass is 220 g/mol. The molecule has 0 atom stereocenters. The molecule has 0 aliphatic heterocycles. The van der Waals surface area contributed by atoms with Crippen LogP contribution in [0.25, 0.3) is 0 Å². The minimum Gasteiger partial charge on any atom is -0.395 e. The van der Waals surface area contributed by atoms with Gasteiger partial charge in [-0.25, -0.2) is 4.39 Å². The molecule has 0 saturated carbocycles. The molecule has 0 radical (unpaired) electrons. The quantitative estimate of drug-likeness (QED) is 0.768. The first-order chi connectivity index (χ1) is 7.72. The van der Waals surface area contributed by atoms with E-state index < -0.39 is 5.82 Å². The van der Waals surface area contributed by atoms with E-state index in [1.54, 1.807) is 11.0 Å². The molecule has 1 rings (SSSR count). The van der Waals surface area contributed by atoms with E-state index in [0.717, 1.165) is 0 Å². The maximum Gasteiger partial charge on any atom is 0.124 e. The van der Waals surface area contributed by atoms with Gasteiger partial charge in [0.1, 0.15) is 11.9 Å². The van der Waals surface area contributed by atoms with E-state index in [1.165, 1.54) is 18.2 Å². The van der Waals surface area contributed by atoms with Gasteiger partial charge in [0.15, 0.2) is 0 Å². The molecule has 4 heteroatoms. The fraction of sp³-hybridized carbons (Fsp3) is 0.250. The lowest BCUT2D eigenvalue weighted by molar-refractivity contribution is 0.303. The van der Waals surface area contributed by atoms with Gasteiger partial charge >= 0.3 is 0 Å². The van der Waals surface area contributed by atoms with Crippen molar-refractivity contribution in [3.63, 3.8) is 0 Å². The van der Waals surface area contributed by atoms with E-state index in [9.17, 15) is 4.39 Å². The molecule has 0 heterocycles. The van der Waals surface area contributed by atoms with Gasteiger partial charge in [0.2, 0.25) is 0 Å². The number of aliphatic hydroxyl groups is 1. The summed E-state index contributed by atoms with van der Waals surface area (Å²) in [4.78, 5) is 1.77. The van der Waals surface area contributed by atoms with Crippen LogP contribution in [0.2, 0.25) is 0 Å². The topological polar surface area (TPSA) is 47.3 Å². The van der Waals surface area contributed by atoms with Crippen molar-refractivity contribution in [2.75, 3.05) is 24.6 Å². The Morgan fingerprint density at radius 1 is 1.56 bits per heavy atom. The number of hydrogen-bond donors (Lipinski definition) is 1. The lowest BCUT2D eigenvalue weighted by atomic mass is 10.1. The molecule has 0 aliphatic carbocycles. The van der Waals surface area contributed by atoms with Gasteiger partial charge < -0.3 is 10.0 Å². The zero-order chi connectivity index (χ0) is 12.0. The number of nitrogens with zero attached hydrogens (tertiary/aromatic N) is 2. The Kier molecular flexibility index (Phi) is 4.49. The van der Waals surface area contributed by atoms with Crippen molar-refractivity contribution in [3.8, 4) is 6.07 Å². The molecular formula is C12H13FN2O. The van der Waals surface area contributed by atoms with Crippen LogP contribution in [0.15, 0.2) is 30.9 Å². The van der Waals surface area contributed by atoms with Crippen molar-refractivity contribution in [2.24, 2.45) is 0 Å². The second kappa shape index (κ2) is 5.89. The van der Waals surface area contributed by atoms with Gasteiger partial charge in [0.05, 0.1) is 17.9 Å². The van der Waals surface area contributed by atoms with E-state index in [1.807, 2.05) is 6.07 Å².